The maximum absolute atomic E-state index is 12.8. The Morgan fingerprint density at radius 2 is 1.69 bits per heavy atom. The van der Waals surface area contributed by atoms with E-state index in [9.17, 15) is 9.59 Å². The minimum Gasteiger partial charge on any atom is -0.372 e. The molecule has 4 rings (SSSR count). The van der Waals surface area contributed by atoms with Crippen molar-refractivity contribution in [1.29, 1.82) is 0 Å². The summed E-state index contributed by atoms with van der Waals surface area (Å²) in [6.07, 6.45) is 3.33. The molecule has 2 amide bonds. The summed E-state index contributed by atoms with van der Waals surface area (Å²) in [7, 11) is 0. The van der Waals surface area contributed by atoms with Crippen LogP contribution in [-0.4, -0.2) is 71.4 Å². The second-order valence-electron chi connectivity index (χ2n) is 7.49. The molecule has 1 N–H and O–H groups in total. The van der Waals surface area contributed by atoms with Crippen LogP contribution in [0, 0.1) is 6.92 Å². The number of piperazine rings is 1. The van der Waals surface area contributed by atoms with Crippen LogP contribution in [-0.2, 0) is 4.79 Å². The number of nitrogens with one attached hydrogen (secondary N) is 1. The van der Waals surface area contributed by atoms with Crippen LogP contribution in [0.3, 0.4) is 0 Å². The molecule has 0 spiro atoms. The van der Waals surface area contributed by atoms with Crippen molar-refractivity contribution in [1.82, 2.24) is 19.8 Å². The minimum absolute atomic E-state index is 0.131. The molecule has 8 nitrogen and oxygen atoms in total. The topological polar surface area (TPSA) is 81.7 Å². The number of aryl methyl sites for hydroxylation is 1. The lowest BCUT2D eigenvalue weighted by Crippen LogP contribution is -2.48. The van der Waals surface area contributed by atoms with Crippen molar-refractivity contribution in [3.8, 4) is 0 Å². The average Bonchev–Trinajstić information content (AvgIpc) is 3.28. The Labute approximate surface area is 170 Å². The normalized spacial score (nSPS) is 16.8. The Morgan fingerprint density at radius 3 is 2.34 bits per heavy atom. The summed E-state index contributed by atoms with van der Waals surface area (Å²) >= 11 is 0. The lowest BCUT2D eigenvalue weighted by molar-refractivity contribution is -0.119. The van der Waals surface area contributed by atoms with Gasteiger partial charge in [0.25, 0.3) is 5.91 Å². The molecular weight excluding hydrogens is 368 g/mol. The number of carbonyl (C=O) groups is 2. The molecule has 1 aromatic carbocycles. The van der Waals surface area contributed by atoms with Crippen molar-refractivity contribution >= 4 is 29.5 Å². The first kappa shape index (κ1) is 19.2. The van der Waals surface area contributed by atoms with Gasteiger partial charge in [-0.3, -0.25) is 9.59 Å². The van der Waals surface area contributed by atoms with Gasteiger partial charge in [0.15, 0.2) is 0 Å². The number of benzene rings is 1. The van der Waals surface area contributed by atoms with Crippen LogP contribution < -0.4 is 10.2 Å². The quantitative estimate of drug-likeness (QED) is 0.782. The molecule has 0 aliphatic carbocycles. The van der Waals surface area contributed by atoms with Gasteiger partial charge in [-0.2, -0.15) is 0 Å². The van der Waals surface area contributed by atoms with Gasteiger partial charge in [0.05, 0.1) is 0 Å². The Hall–Kier alpha value is -3.16. The smallest absolute Gasteiger partial charge is 0.272 e. The molecule has 8 heteroatoms. The molecule has 0 bridgehead atoms. The highest BCUT2D eigenvalue weighted by Gasteiger charge is 2.23. The van der Waals surface area contributed by atoms with Crippen LogP contribution in [0.15, 0.2) is 30.3 Å². The predicted octanol–water partition coefficient (Wildman–Crippen LogP) is 2.04. The zero-order valence-electron chi connectivity index (χ0n) is 16.7. The standard InChI is InChI=1S/C21H26N6O2/c1-16-22-19(21(29)27-12-10-25(15-28)11-13-27)14-20(23-16)24-17-4-6-18(7-5-17)26-8-2-3-9-26/h4-7,14-15H,2-3,8-13H2,1H3,(H,22,23,24). The second-order valence-corrected chi connectivity index (χ2v) is 7.49. The Bertz CT molecular complexity index is 871. The number of anilines is 3. The Balaban J connectivity index is 1.45. The second kappa shape index (κ2) is 8.46. The maximum atomic E-state index is 12.8. The zero-order valence-corrected chi connectivity index (χ0v) is 16.7. The highest BCUT2D eigenvalue weighted by Crippen LogP contribution is 2.24. The van der Waals surface area contributed by atoms with E-state index in [2.05, 4.69) is 32.3 Å². The summed E-state index contributed by atoms with van der Waals surface area (Å²) in [5.74, 6) is 1.01. The number of carbonyl (C=O) groups excluding carboxylic acids is 2. The van der Waals surface area contributed by atoms with Crippen molar-refractivity contribution in [3.05, 3.63) is 41.9 Å². The molecule has 2 saturated heterocycles. The SMILES string of the molecule is Cc1nc(Nc2ccc(N3CCCC3)cc2)cc(C(=O)N2CCN(C=O)CC2)n1. The van der Waals surface area contributed by atoms with Gasteiger partial charge >= 0.3 is 0 Å². The van der Waals surface area contributed by atoms with Gasteiger partial charge in [-0.1, -0.05) is 0 Å². The van der Waals surface area contributed by atoms with Crippen LogP contribution >= 0.6 is 0 Å². The highest BCUT2D eigenvalue weighted by molar-refractivity contribution is 5.93. The van der Waals surface area contributed by atoms with Crippen molar-refractivity contribution in [2.24, 2.45) is 0 Å². The monoisotopic (exact) mass is 394 g/mol. The first-order valence-corrected chi connectivity index (χ1v) is 10.1. The molecule has 152 valence electrons. The van der Waals surface area contributed by atoms with E-state index in [0.29, 0.717) is 43.5 Å². The molecular formula is C21H26N6O2. The third-order valence-corrected chi connectivity index (χ3v) is 5.42. The summed E-state index contributed by atoms with van der Waals surface area (Å²) in [6, 6.07) is 9.98. The van der Waals surface area contributed by atoms with E-state index >= 15 is 0 Å². The average molecular weight is 394 g/mol. The summed E-state index contributed by atoms with van der Waals surface area (Å²) in [5, 5.41) is 3.28. The fraction of sp³-hybridized carbons (Fsp3) is 0.429. The van der Waals surface area contributed by atoms with E-state index in [4.69, 9.17) is 0 Å². The van der Waals surface area contributed by atoms with Gasteiger partial charge in [0, 0.05) is 56.7 Å². The van der Waals surface area contributed by atoms with Crippen LogP contribution in [0.1, 0.15) is 29.2 Å². The molecule has 3 heterocycles. The Kier molecular flexibility index (Phi) is 5.59. The van der Waals surface area contributed by atoms with E-state index in [1.165, 1.54) is 18.5 Å². The number of aromatic nitrogens is 2. The molecule has 0 unspecified atom stereocenters. The molecule has 2 aliphatic heterocycles. The Morgan fingerprint density at radius 1 is 1.00 bits per heavy atom. The van der Waals surface area contributed by atoms with Crippen LogP contribution in [0.5, 0.6) is 0 Å². The third-order valence-electron chi connectivity index (χ3n) is 5.42. The van der Waals surface area contributed by atoms with Gasteiger partial charge in [-0.25, -0.2) is 9.97 Å². The van der Waals surface area contributed by atoms with Gasteiger partial charge in [0.2, 0.25) is 6.41 Å². The van der Waals surface area contributed by atoms with E-state index in [1.807, 2.05) is 12.1 Å². The fourth-order valence-corrected chi connectivity index (χ4v) is 3.81. The van der Waals surface area contributed by atoms with Crippen molar-refractivity contribution in [2.45, 2.75) is 19.8 Å². The summed E-state index contributed by atoms with van der Waals surface area (Å²) in [5.41, 5.74) is 2.52. The molecule has 2 fully saturated rings. The first-order chi connectivity index (χ1) is 14.1. The van der Waals surface area contributed by atoms with E-state index in [0.717, 1.165) is 25.2 Å². The molecule has 0 saturated carbocycles. The lowest BCUT2D eigenvalue weighted by Gasteiger charge is -2.32. The number of amides is 2. The van der Waals surface area contributed by atoms with E-state index < -0.39 is 0 Å². The summed E-state index contributed by atoms with van der Waals surface area (Å²) in [4.78, 5) is 38.2. The van der Waals surface area contributed by atoms with Crippen LogP contribution in [0.25, 0.3) is 0 Å². The first-order valence-electron chi connectivity index (χ1n) is 10.1. The zero-order chi connectivity index (χ0) is 20.2. The number of nitrogens with zero attached hydrogens (tertiary/aromatic N) is 5. The van der Waals surface area contributed by atoms with Crippen molar-refractivity contribution in [2.75, 3.05) is 49.5 Å². The molecule has 29 heavy (non-hydrogen) atoms. The van der Waals surface area contributed by atoms with Gasteiger partial charge in [-0.05, 0) is 44.0 Å². The number of hydrogen-bond acceptors (Lipinski definition) is 6. The summed E-state index contributed by atoms with van der Waals surface area (Å²) < 4.78 is 0. The van der Waals surface area contributed by atoms with Crippen LogP contribution in [0.2, 0.25) is 0 Å². The van der Waals surface area contributed by atoms with Crippen LogP contribution in [0.4, 0.5) is 17.2 Å². The van der Waals surface area contributed by atoms with E-state index in [-0.39, 0.29) is 5.91 Å². The van der Waals surface area contributed by atoms with Gasteiger partial charge < -0.3 is 20.0 Å². The highest BCUT2D eigenvalue weighted by atomic mass is 16.2. The van der Waals surface area contributed by atoms with Crippen molar-refractivity contribution in [3.63, 3.8) is 0 Å². The maximum Gasteiger partial charge on any atom is 0.272 e. The fourth-order valence-electron chi connectivity index (χ4n) is 3.81. The van der Waals surface area contributed by atoms with Crippen molar-refractivity contribution < 1.29 is 9.59 Å². The molecule has 1 aromatic heterocycles. The molecule has 0 atom stereocenters. The molecule has 2 aromatic rings. The lowest BCUT2D eigenvalue weighted by atomic mass is 10.2. The minimum atomic E-state index is -0.131. The largest absolute Gasteiger partial charge is 0.372 e. The van der Waals surface area contributed by atoms with E-state index in [1.54, 1.807) is 22.8 Å². The predicted molar refractivity (Wildman–Crippen MR) is 111 cm³/mol. The van der Waals surface area contributed by atoms with Gasteiger partial charge in [-0.15, -0.1) is 0 Å². The third kappa shape index (κ3) is 4.47. The number of rotatable bonds is 5. The summed E-state index contributed by atoms with van der Waals surface area (Å²) in [6.45, 7) is 6.14. The van der Waals surface area contributed by atoms with Gasteiger partial charge in [0.1, 0.15) is 17.3 Å². The molecule has 2 aliphatic rings. The molecule has 0 radical (unpaired) electrons. The number of hydrogen-bond donors (Lipinski definition) is 1.